The largest absolute Gasteiger partial charge is 0.478 e. The van der Waals surface area contributed by atoms with Gasteiger partial charge in [0.25, 0.3) is 17.7 Å². The first-order valence-corrected chi connectivity index (χ1v) is 11.6. The number of carbonyl (C=O) groups excluding carboxylic acids is 3. The van der Waals surface area contributed by atoms with E-state index in [1.807, 2.05) is 13.8 Å². The molecule has 35 heavy (non-hydrogen) atoms. The normalized spacial score (nSPS) is 22.9. The first-order chi connectivity index (χ1) is 16.5. The molecule has 2 atom stereocenters. The van der Waals surface area contributed by atoms with Crippen molar-refractivity contribution in [1.82, 2.24) is 15.1 Å². The van der Waals surface area contributed by atoms with Crippen molar-refractivity contribution in [3.63, 3.8) is 0 Å². The van der Waals surface area contributed by atoms with Gasteiger partial charge >= 0.3 is 0 Å². The number of amides is 3. The number of aliphatic imine (C=N–C) groups is 1. The molecule has 0 aliphatic carbocycles. The number of carbonyl (C=O) groups is 3. The highest BCUT2D eigenvalue weighted by Gasteiger charge is 2.50. The van der Waals surface area contributed by atoms with Crippen LogP contribution in [0.1, 0.15) is 34.1 Å². The fourth-order valence-electron chi connectivity index (χ4n) is 3.91. The summed E-state index contributed by atoms with van der Waals surface area (Å²) < 4.78 is 20.0. The molecule has 0 fully saturated rings. The molecule has 0 radical (unpaired) electrons. The minimum atomic E-state index is -1.36. The Kier molecular flexibility index (Phi) is 9.33. The summed E-state index contributed by atoms with van der Waals surface area (Å²) in [6.07, 6.45) is 9.61. The van der Waals surface area contributed by atoms with E-state index in [1.165, 1.54) is 35.1 Å². The van der Waals surface area contributed by atoms with Gasteiger partial charge in [0.15, 0.2) is 0 Å². The second-order valence-corrected chi connectivity index (χ2v) is 8.62. The molecule has 0 aromatic rings. The molecule has 2 aliphatic heterocycles. The predicted molar refractivity (Wildman–Crippen MR) is 134 cm³/mol. The van der Waals surface area contributed by atoms with Gasteiger partial charge in [-0.3, -0.25) is 24.3 Å². The second kappa shape index (κ2) is 11.8. The van der Waals surface area contributed by atoms with Crippen molar-refractivity contribution >= 4 is 23.4 Å². The van der Waals surface area contributed by atoms with Gasteiger partial charge in [-0.2, -0.15) is 0 Å². The van der Waals surface area contributed by atoms with Gasteiger partial charge in [-0.25, -0.2) is 4.39 Å². The lowest BCUT2D eigenvalue weighted by Crippen LogP contribution is -2.60. The summed E-state index contributed by atoms with van der Waals surface area (Å²) >= 11 is 0. The van der Waals surface area contributed by atoms with Crippen LogP contribution in [0.25, 0.3) is 0 Å². The van der Waals surface area contributed by atoms with Gasteiger partial charge in [0, 0.05) is 33.6 Å². The van der Waals surface area contributed by atoms with Crippen molar-refractivity contribution in [1.29, 1.82) is 0 Å². The number of fused-ring (bicyclic) bond motifs is 1. The van der Waals surface area contributed by atoms with Crippen LogP contribution in [0.5, 0.6) is 0 Å². The number of allylic oxidation sites excluding steroid dienone is 8. The Balaban J connectivity index is 2.59. The maximum Gasteiger partial charge on any atom is 0.268 e. The lowest BCUT2D eigenvalue weighted by molar-refractivity contribution is -0.157. The first-order valence-electron chi connectivity index (χ1n) is 11.6. The van der Waals surface area contributed by atoms with Crippen LogP contribution in [0.15, 0.2) is 64.3 Å². The third-order valence-electron chi connectivity index (χ3n) is 5.94. The SMILES string of the molecule is C\C=C/C(F)=C\C=C\CC(C)C1=C2C(=NC)C=C(C(=O)NC)C(=O)N2CC(C)(C(=O)N(C)CC)O1. The molecule has 3 amide bonds. The Hall–Kier alpha value is -3.49. The maximum atomic E-state index is 13.6. The fourth-order valence-corrected chi connectivity index (χ4v) is 3.91. The Morgan fingerprint density at radius 2 is 2.11 bits per heavy atom. The van der Waals surface area contributed by atoms with Crippen LogP contribution in [0.4, 0.5) is 4.39 Å². The number of ether oxygens (including phenoxy) is 1. The molecule has 2 aliphatic rings. The Morgan fingerprint density at radius 3 is 2.69 bits per heavy atom. The van der Waals surface area contributed by atoms with Gasteiger partial charge in [-0.15, -0.1) is 0 Å². The lowest BCUT2D eigenvalue weighted by atomic mass is 9.91. The van der Waals surface area contributed by atoms with Crippen molar-refractivity contribution in [3.8, 4) is 0 Å². The summed E-state index contributed by atoms with van der Waals surface area (Å²) in [5.41, 5.74) is -0.578. The van der Waals surface area contributed by atoms with E-state index >= 15 is 0 Å². The van der Waals surface area contributed by atoms with Gasteiger partial charge in [0.2, 0.25) is 5.60 Å². The zero-order valence-electron chi connectivity index (χ0n) is 21.5. The van der Waals surface area contributed by atoms with Crippen LogP contribution in [-0.4, -0.2) is 73.1 Å². The van der Waals surface area contributed by atoms with E-state index in [-0.39, 0.29) is 29.8 Å². The molecule has 0 spiro atoms. The second-order valence-electron chi connectivity index (χ2n) is 8.62. The van der Waals surface area contributed by atoms with E-state index < -0.39 is 17.4 Å². The third kappa shape index (κ3) is 5.96. The first kappa shape index (κ1) is 27.8. The van der Waals surface area contributed by atoms with Crippen LogP contribution >= 0.6 is 0 Å². The molecule has 0 saturated carbocycles. The average molecular weight is 487 g/mol. The quantitative estimate of drug-likeness (QED) is 0.422. The van der Waals surface area contributed by atoms with Gasteiger partial charge in [0.1, 0.15) is 22.9 Å². The van der Waals surface area contributed by atoms with Crippen LogP contribution in [0, 0.1) is 5.92 Å². The molecule has 8 nitrogen and oxygen atoms in total. The van der Waals surface area contributed by atoms with Gasteiger partial charge in [0.05, 0.1) is 12.3 Å². The highest BCUT2D eigenvalue weighted by atomic mass is 19.1. The zero-order chi connectivity index (χ0) is 26.3. The molecule has 0 aromatic carbocycles. The maximum absolute atomic E-state index is 13.6. The van der Waals surface area contributed by atoms with E-state index in [1.54, 1.807) is 46.2 Å². The van der Waals surface area contributed by atoms with E-state index in [0.29, 0.717) is 30.1 Å². The lowest BCUT2D eigenvalue weighted by Gasteiger charge is -2.45. The molecule has 190 valence electrons. The monoisotopic (exact) mass is 486 g/mol. The summed E-state index contributed by atoms with van der Waals surface area (Å²) in [6, 6.07) is 0. The van der Waals surface area contributed by atoms with Crippen LogP contribution in [-0.2, 0) is 19.1 Å². The summed E-state index contributed by atoms with van der Waals surface area (Å²) in [6.45, 7) is 7.51. The molecule has 2 unspecified atom stereocenters. The number of nitrogens with one attached hydrogen (secondary N) is 1. The summed E-state index contributed by atoms with van der Waals surface area (Å²) in [5.74, 6) is -1.57. The van der Waals surface area contributed by atoms with Crippen molar-refractivity contribution < 1.29 is 23.5 Å². The number of hydrogen-bond donors (Lipinski definition) is 1. The molecular weight excluding hydrogens is 451 g/mol. The fraction of sp³-hybridized carbons (Fsp3) is 0.462. The zero-order valence-corrected chi connectivity index (χ0v) is 21.5. The van der Waals surface area contributed by atoms with Crippen molar-refractivity contribution in [2.75, 3.05) is 34.2 Å². The predicted octanol–water partition coefficient (Wildman–Crippen LogP) is 3.06. The number of halogens is 1. The molecule has 0 saturated heterocycles. The minimum Gasteiger partial charge on any atom is -0.478 e. The smallest absolute Gasteiger partial charge is 0.268 e. The number of nitrogens with zero attached hydrogens (tertiary/aromatic N) is 3. The summed E-state index contributed by atoms with van der Waals surface area (Å²) in [4.78, 5) is 46.3. The standard InChI is InChI=1S/C26H35FN4O4/c1-8-12-18(27)14-11-10-13-17(3)22-21-20(28-5)15-19(23(32)29-6)24(33)31(21)16-26(4,35-22)25(34)30(7)9-2/h8,10-12,14-15,17H,9,13,16H2,1-7H3,(H,29,32)/b11-10+,12-8-,18-14+,28-20?. The summed E-state index contributed by atoms with van der Waals surface area (Å²) in [7, 11) is 4.68. The molecular formula is C26H35FN4O4. The number of likely N-dealkylation sites (N-methyl/N-ethyl adjacent to an activating group) is 2. The molecule has 0 bridgehead atoms. The molecule has 1 N–H and O–H groups in total. The topological polar surface area (TPSA) is 91.3 Å². The van der Waals surface area contributed by atoms with E-state index in [0.717, 1.165) is 0 Å². The van der Waals surface area contributed by atoms with E-state index in [2.05, 4.69) is 10.3 Å². The molecule has 2 heterocycles. The molecule has 2 rings (SSSR count). The summed E-state index contributed by atoms with van der Waals surface area (Å²) in [5, 5.41) is 2.48. The van der Waals surface area contributed by atoms with Crippen LogP contribution < -0.4 is 5.32 Å². The Morgan fingerprint density at radius 1 is 1.43 bits per heavy atom. The molecule has 9 heteroatoms. The van der Waals surface area contributed by atoms with Crippen molar-refractivity contribution in [2.24, 2.45) is 10.9 Å². The van der Waals surface area contributed by atoms with Crippen LogP contribution in [0.2, 0.25) is 0 Å². The van der Waals surface area contributed by atoms with Gasteiger partial charge in [-0.1, -0.05) is 25.2 Å². The highest BCUT2D eigenvalue weighted by molar-refractivity contribution is 6.29. The van der Waals surface area contributed by atoms with E-state index in [4.69, 9.17) is 4.74 Å². The third-order valence-corrected chi connectivity index (χ3v) is 5.94. The Labute approximate surface area is 206 Å². The highest BCUT2D eigenvalue weighted by Crippen LogP contribution is 2.38. The number of rotatable bonds is 8. The van der Waals surface area contributed by atoms with Crippen molar-refractivity contribution in [2.45, 2.75) is 39.7 Å². The van der Waals surface area contributed by atoms with E-state index in [9.17, 15) is 18.8 Å². The minimum absolute atomic E-state index is 0.0612. The number of hydrogen-bond acceptors (Lipinski definition) is 5. The Bertz CT molecular complexity index is 1050. The average Bonchev–Trinajstić information content (AvgIpc) is 2.85. The molecule has 0 aromatic heterocycles. The van der Waals surface area contributed by atoms with Gasteiger partial charge < -0.3 is 15.0 Å². The van der Waals surface area contributed by atoms with Crippen LogP contribution in [0.3, 0.4) is 0 Å². The van der Waals surface area contributed by atoms with Crippen molar-refractivity contribution in [3.05, 3.63) is 59.3 Å². The van der Waals surface area contributed by atoms with Gasteiger partial charge in [-0.05, 0) is 45.4 Å².